The van der Waals surface area contributed by atoms with Gasteiger partial charge in [0.1, 0.15) is 12.4 Å². The highest BCUT2D eigenvalue weighted by molar-refractivity contribution is 6.76. The molecule has 0 spiro atoms. The van der Waals surface area contributed by atoms with Gasteiger partial charge in [-0.3, -0.25) is 10.1 Å². The van der Waals surface area contributed by atoms with Gasteiger partial charge in [0.15, 0.2) is 0 Å². The van der Waals surface area contributed by atoms with E-state index in [1.165, 1.54) is 12.3 Å². The van der Waals surface area contributed by atoms with Crippen molar-refractivity contribution in [2.45, 2.75) is 32.4 Å². The Morgan fingerprint density at radius 2 is 2.15 bits per heavy atom. The molecule has 0 bridgehead atoms. The van der Waals surface area contributed by atoms with E-state index in [1.807, 2.05) is 0 Å². The van der Waals surface area contributed by atoms with Crippen LogP contribution in [0.25, 0.3) is 11.0 Å². The first-order valence-corrected chi connectivity index (χ1v) is 10.3. The summed E-state index contributed by atoms with van der Waals surface area (Å²) in [4.78, 5) is 14.7. The zero-order valence-corrected chi connectivity index (χ0v) is 13.0. The molecule has 0 aliphatic heterocycles. The highest BCUT2D eigenvalue weighted by Gasteiger charge is 2.15. The number of nitro groups is 1. The fourth-order valence-electron chi connectivity index (χ4n) is 1.88. The number of nitrogens with zero attached hydrogens (tertiary/aromatic N) is 3. The molecule has 0 aliphatic rings. The van der Waals surface area contributed by atoms with Gasteiger partial charge < -0.3 is 9.30 Å². The fourth-order valence-corrected chi connectivity index (χ4v) is 2.64. The van der Waals surface area contributed by atoms with Gasteiger partial charge in [-0.05, 0) is 12.1 Å². The van der Waals surface area contributed by atoms with E-state index in [9.17, 15) is 10.1 Å². The summed E-state index contributed by atoms with van der Waals surface area (Å²) in [6.45, 7) is 7.98. The van der Waals surface area contributed by atoms with E-state index in [4.69, 9.17) is 4.74 Å². The van der Waals surface area contributed by atoms with Crippen molar-refractivity contribution in [3.63, 3.8) is 0 Å². The monoisotopic (exact) mass is 293 g/mol. The molecule has 6 nitrogen and oxygen atoms in total. The summed E-state index contributed by atoms with van der Waals surface area (Å²) in [5, 5.41) is 11.5. The first kappa shape index (κ1) is 14.7. The largest absolute Gasteiger partial charge is 0.361 e. The Balaban J connectivity index is 2.08. The number of hydrogen-bond acceptors (Lipinski definition) is 4. The summed E-state index contributed by atoms with van der Waals surface area (Å²) in [5.41, 5.74) is 0.669. The van der Waals surface area contributed by atoms with Crippen molar-refractivity contribution >= 4 is 24.8 Å². The van der Waals surface area contributed by atoms with Crippen LogP contribution in [0.4, 0.5) is 5.69 Å². The molecule has 0 saturated carbocycles. The van der Waals surface area contributed by atoms with Crippen molar-refractivity contribution in [1.29, 1.82) is 0 Å². The third-order valence-corrected chi connectivity index (χ3v) is 4.77. The first-order chi connectivity index (χ1) is 9.38. The van der Waals surface area contributed by atoms with Crippen molar-refractivity contribution in [2.75, 3.05) is 6.61 Å². The highest BCUT2D eigenvalue weighted by Crippen LogP contribution is 2.24. The standard InChI is InChI=1S/C13H19N3O3Si/c1-20(2,3)9-8-19-10-15-7-5-11-12(16(17)18)4-6-14-13(11)15/h4-7H,8-10H2,1-3H3. The second-order valence-electron chi connectivity index (χ2n) is 5.96. The van der Waals surface area contributed by atoms with E-state index in [1.54, 1.807) is 16.8 Å². The molecule has 0 saturated heterocycles. The third-order valence-electron chi connectivity index (χ3n) is 3.06. The Morgan fingerprint density at radius 1 is 1.40 bits per heavy atom. The average Bonchev–Trinajstić information content (AvgIpc) is 2.76. The number of pyridine rings is 1. The minimum Gasteiger partial charge on any atom is -0.361 e. The molecule has 0 amide bonds. The topological polar surface area (TPSA) is 70.2 Å². The molecule has 2 aromatic heterocycles. The quantitative estimate of drug-likeness (QED) is 0.355. The Morgan fingerprint density at radius 3 is 2.80 bits per heavy atom. The van der Waals surface area contributed by atoms with Crippen LogP contribution in [0.5, 0.6) is 0 Å². The van der Waals surface area contributed by atoms with Gasteiger partial charge in [-0.1, -0.05) is 19.6 Å². The molecule has 108 valence electrons. The lowest BCUT2D eigenvalue weighted by atomic mass is 10.3. The molecule has 2 heterocycles. The van der Waals surface area contributed by atoms with Gasteiger partial charge in [0.05, 0.1) is 10.3 Å². The lowest BCUT2D eigenvalue weighted by Gasteiger charge is -2.15. The van der Waals surface area contributed by atoms with E-state index < -0.39 is 8.07 Å². The molecule has 0 radical (unpaired) electrons. The Kier molecular flexibility index (Phi) is 4.19. The van der Waals surface area contributed by atoms with Crippen LogP contribution < -0.4 is 0 Å². The number of rotatable bonds is 6. The molecule has 0 N–H and O–H groups in total. The van der Waals surface area contributed by atoms with Crippen molar-refractivity contribution in [1.82, 2.24) is 9.55 Å². The van der Waals surface area contributed by atoms with Crippen LogP contribution in [0.1, 0.15) is 0 Å². The van der Waals surface area contributed by atoms with E-state index in [2.05, 4.69) is 24.6 Å². The smallest absolute Gasteiger partial charge is 0.281 e. The third kappa shape index (κ3) is 3.43. The number of fused-ring (bicyclic) bond motifs is 1. The van der Waals surface area contributed by atoms with E-state index in [-0.39, 0.29) is 10.6 Å². The fraction of sp³-hybridized carbons (Fsp3) is 0.462. The summed E-state index contributed by atoms with van der Waals surface area (Å²) < 4.78 is 7.45. The summed E-state index contributed by atoms with van der Waals surface area (Å²) in [7, 11) is -1.10. The maximum absolute atomic E-state index is 10.9. The Labute approximate surface area is 118 Å². The van der Waals surface area contributed by atoms with Gasteiger partial charge in [0.25, 0.3) is 5.69 Å². The van der Waals surface area contributed by atoms with Gasteiger partial charge in [-0.15, -0.1) is 0 Å². The van der Waals surface area contributed by atoms with Crippen LogP contribution >= 0.6 is 0 Å². The second kappa shape index (κ2) is 5.72. The van der Waals surface area contributed by atoms with Crippen molar-refractivity contribution < 1.29 is 9.66 Å². The summed E-state index contributed by atoms with van der Waals surface area (Å²) in [5.74, 6) is 0. The minimum atomic E-state index is -1.10. The maximum atomic E-state index is 10.9. The molecule has 0 atom stereocenters. The molecular formula is C13H19N3O3Si. The van der Waals surface area contributed by atoms with E-state index in [0.29, 0.717) is 24.4 Å². The van der Waals surface area contributed by atoms with Crippen LogP contribution in [0.2, 0.25) is 25.7 Å². The van der Waals surface area contributed by atoms with Crippen molar-refractivity contribution in [2.24, 2.45) is 0 Å². The lowest BCUT2D eigenvalue weighted by molar-refractivity contribution is -0.383. The number of ether oxygens (including phenoxy) is 1. The number of hydrogen-bond donors (Lipinski definition) is 0. The van der Waals surface area contributed by atoms with E-state index in [0.717, 1.165) is 6.04 Å². The first-order valence-electron chi connectivity index (χ1n) is 6.54. The Bertz CT molecular complexity index is 619. The van der Waals surface area contributed by atoms with Crippen LogP contribution in [0, 0.1) is 10.1 Å². The predicted molar refractivity (Wildman–Crippen MR) is 80.5 cm³/mol. The van der Waals surface area contributed by atoms with Crippen molar-refractivity contribution in [3.05, 3.63) is 34.6 Å². The molecule has 0 aromatic carbocycles. The van der Waals surface area contributed by atoms with Gasteiger partial charge in [0, 0.05) is 33.1 Å². The molecular weight excluding hydrogens is 274 g/mol. The van der Waals surface area contributed by atoms with Crippen LogP contribution in [0.15, 0.2) is 24.5 Å². The summed E-state index contributed by atoms with van der Waals surface area (Å²) >= 11 is 0. The molecule has 7 heteroatoms. The average molecular weight is 293 g/mol. The molecule has 2 aromatic rings. The molecule has 2 rings (SSSR count). The maximum Gasteiger partial charge on any atom is 0.281 e. The highest BCUT2D eigenvalue weighted by atomic mass is 28.3. The zero-order chi connectivity index (χ0) is 14.8. The molecule has 0 unspecified atom stereocenters. The van der Waals surface area contributed by atoms with Crippen LogP contribution in [0.3, 0.4) is 0 Å². The molecule has 0 fully saturated rings. The normalized spacial score (nSPS) is 11.9. The zero-order valence-electron chi connectivity index (χ0n) is 12.0. The van der Waals surface area contributed by atoms with Crippen LogP contribution in [-0.2, 0) is 11.5 Å². The lowest BCUT2D eigenvalue weighted by Crippen LogP contribution is -2.22. The van der Waals surface area contributed by atoms with Gasteiger partial charge >= 0.3 is 0 Å². The van der Waals surface area contributed by atoms with Gasteiger partial charge in [-0.25, -0.2) is 4.98 Å². The van der Waals surface area contributed by atoms with Crippen molar-refractivity contribution in [3.8, 4) is 0 Å². The number of aromatic nitrogens is 2. The van der Waals surface area contributed by atoms with Crippen LogP contribution in [-0.4, -0.2) is 29.2 Å². The minimum absolute atomic E-state index is 0.0795. The predicted octanol–water partition coefficient (Wildman–Crippen LogP) is 3.26. The Hall–Kier alpha value is -1.73. The summed E-state index contributed by atoms with van der Waals surface area (Å²) in [6, 6.07) is 4.22. The summed E-state index contributed by atoms with van der Waals surface area (Å²) in [6.07, 6.45) is 3.23. The molecule has 20 heavy (non-hydrogen) atoms. The SMILES string of the molecule is C[Si](C)(C)CCOCn1ccc2c([N+](=O)[O-])ccnc21. The second-order valence-corrected chi connectivity index (χ2v) is 11.6. The van der Waals surface area contributed by atoms with Gasteiger partial charge in [0.2, 0.25) is 0 Å². The molecule has 0 aliphatic carbocycles. The van der Waals surface area contributed by atoms with Gasteiger partial charge in [-0.2, -0.15) is 0 Å². The van der Waals surface area contributed by atoms with E-state index >= 15 is 0 Å².